The van der Waals surface area contributed by atoms with Gasteiger partial charge in [0.1, 0.15) is 0 Å². The molecule has 0 aromatic heterocycles. The number of methoxy groups -OCH3 is 1. The van der Waals surface area contributed by atoms with Crippen molar-refractivity contribution in [3.8, 4) is 11.5 Å². The van der Waals surface area contributed by atoms with Crippen LogP contribution in [-0.2, 0) is 0 Å². The number of ether oxygens (including phenoxy) is 2. The summed E-state index contributed by atoms with van der Waals surface area (Å²) in [5.41, 5.74) is 1.25. The minimum absolute atomic E-state index is 0.379. The Morgan fingerprint density at radius 3 is 2.47 bits per heavy atom. The van der Waals surface area contributed by atoms with Gasteiger partial charge in [-0.2, -0.15) is 0 Å². The highest BCUT2D eigenvalue weighted by Gasteiger charge is 2.11. The highest BCUT2D eigenvalue weighted by Crippen LogP contribution is 2.31. The molecule has 0 spiro atoms. The van der Waals surface area contributed by atoms with Crippen LogP contribution in [0, 0.1) is 0 Å². The average molecular weight is 237 g/mol. The SMILES string of the molecule is CCNC(CC)c1ccc(OCC)c(OC)c1. The minimum Gasteiger partial charge on any atom is -0.493 e. The van der Waals surface area contributed by atoms with Gasteiger partial charge in [0, 0.05) is 6.04 Å². The Kier molecular flexibility index (Phi) is 5.84. The zero-order valence-electron chi connectivity index (χ0n) is 11.2. The molecular weight excluding hydrogens is 214 g/mol. The third kappa shape index (κ3) is 3.63. The monoisotopic (exact) mass is 237 g/mol. The molecule has 1 atom stereocenters. The van der Waals surface area contributed by atoms with E-state index in [9.17, 15) is 0 Å². The highest BCUT2D eigenvalue weighted by atomic mass is 16.5. The summed E-state index contributed by atoms with van der Waals surface area (Å²) in [6.45, 7) is 7.89. The van der Waals surface area contributed by atoms with Crippen LogP contribution in [0.1, 0.15) is 38.8 Å². The largest absolute Gasteiger partial charge is 0.493 e. The van der Waals surface area contributed by atoms with Crippen molar-refractivity contribution >= 4 is 0 Å². The Labute approximate surface area is 104 Å². The molecule has 1 N–H and O–H groups in total. The summed E-state index contributed by atoms with van der Waals surface area (Å²) in [7, 11) is 1.68. The van der Waals surface area contributed by atoms with Crippen LogP contribution in [0.2, 0.25) is 0 Å². The maximum absolute atomic E-state index is 5.51. The molecule has 0 amide bonds. The third-order valence-electron chi connectivity index (χ3n) is 2.75. The first-order chi connectivity index (χ1) is 8.26. The minimum atomic E-state index is 0.379. The molecule has 0 aliphatic heterocycles. The summed E-state index contributed by atoms with van der Waals surface area (Å²) in [6, 6.07) is 6.52. The van der Waals surface area contributed by atoms with Crippen molar-refractivity contribution in [2.24, 2.45) is 0 Å². The molecule has 1 aromatic rings. The first-order valence-corrected chi connectivity index (χ1v) is 6.30. The lowest BCUT2D eigenvalue weighted by Crippen LogP contribution is -2.20. The predicted molar refractivity (Wildman–Crippen MR) is 70.9 cm³/mol. The second kappa shape index (κ2) is 7.17. The lowest BCUT2D eigenvalue weighted by atomic mass is 10.0. The molecule has 0 radical (unpaired) electrons. The molecule has 0 aliphatic rings. The quantitative estimate of drug-likeness (QED) is 0.790. The molecular formula is C14H23NO2. The molecule has 0 heterocycles. The molecule has 0 fully saturated rings. The van der Waals surface area contributed by atoms with Crippen LogP contribution < -0.4 is 14.8 Å². The number of rotatable bonds is 7. The maximum atomic E-state index is 5.51. The summed E-state index contributed by atoms with van der Waals surface area (Å²) in [5.74, 6) is 1.62. The molecule has 1 aromatic carbocycles. The van der Waals surface area contributed by atoms with Gasteiger partial charge in [-0.3, -0.25) is 0 Å². The summed E-state index contributed by atoms with van der Waals surface area (Å²) in [4.78, 5) is 0. The highest BCUT2D eigenvalue weighted by molar-refractivity contribution is 5.43. The zero-order chi connectivity index (χ0) is 12.7. The van der Waals surface area contributed by atoms with Gasteiger partial charge in [-0.15, -0.1) is 0 Å². The zero-order valence-corrected chi connectivity index (χ0v) is 11.2. The summed E-state index contributed by atoms with van der Waals surface area (Å²) < 4.78 is 10.9. The average Bonchev–Trinajstić information content (AvgIpc) is 2.37. The van der Waals surface area contributed by atoms with Gasteiger partial charge in [0.15, 0.2) is 11.5 Å². The third-order valence-corrected chi connectivity index (χ3v) is 2.75. The number of benzene rings is 1. The Bertz CT molecular complexity index is 339. The fourth-order valence-electron chi connectivity index (χ4n) is 1.92. The predicted octanol–water partition coefficient (Wildman–Crippen LogP) is 3.15. The van der Waals surface area contributed by atoms with E-state index in [-0.39, 0.29) is 0 Å². The van der Waals surface area contributed by atoms with E-state index in [0.29, 0.717) is 12.6 Å². The molecule has 0 saturated carbocycles. The van der Waals surface area contributed by atoms with Crippen molar-refractivity contribution in [2.75, 3.05) is 20.3 Å². The van der Waals surface area contributed by atoms with Crippen LogP contribution in [0.4, 0.5) is 0 Å². The second-order valence-electron chi connectivity index (χ2n) is 3.86. The lowest BCUT2D eigenvalue weighted by Gasteiger charge is -2.18. The Morgan fingerprint density at radius 2 is 1.94 bits per heavy atom. The van der Waals surface area contributed by atoms with Gasteiger partial charge in [-0.25, -0.2) is 0 Å². The normalized spacial score (nSPS) is 12.2. The molecule has 1 rings (SSSR count). The summed E-state index contributed by atoms with van der Waals surface area (Å²) >= 11 is 0. The van der Waals surface area contributed by atoms with Crippen molar-refractivity contribution < 1.29 is 9.47 Å². The fraction of sp³-hybridized carbons (Fsp3) is 0.571. The molecule has 3 nitrogen and oxygen atoms in total. The summed E-state index contributed by atoms with van der Waals surface area (Å²) in [6.07, 6.45) is 1.06. The van der Waals surface area contributed by atoms with Crippen LogP contribution in [-0.4, -0.2) is 20.3 Å². The summed E-state index contributed by atoms with van der Waals surface area (Å²) in [5, 5.41) is 3.45. The van der Waals surface area contributed by atoms with Crippen LogP contribution in [0.25, 0.3) is 0 Å². The van der Waals surface area contributed by atoms with E-state index >= 15 is 0 Å². The van der Waals surface area contributed by atoms with Crippen molar-refractivity contribution in [3.05, 3.63) is 23.8 Å². The van der Waals surface area contributed by atoms with Crippen molar-refractivity contribution in [3.63, 3.8) is 0 Å². The standard InChI is InChI=1S/C14H23NO2/c1-5-12(15-6-2)11-8-9-13(17-7-3)14(10-11)16-4/h8-10,12,15H,5-7H2,1-4H3. The van der Waals surface area contributed by atoms with Crippen LogP contribution in [0.15, 0.2) is 18.2 Å². The van der Waals surface area contributed by atoms with Crippen molar-refractivity contribution in [2.45, 2.75) is 33.2 Å². The van der Waals surface area contributed by atoms with E-state index < -0.39 is 0 Å². The van der Waals surface area contributed by atoms with E-state index in [2.05, 4.69) is 31.3 Å². The molecule has 3 heteroatoms. The van der Waals surface area contributed by atoms with Gasteiger partial charge in [-0.05, 0) is 37.6 Å². The first kappa shape index (κ1) is 13.8. The Balaban J connectivity index is 2.94. The van der Waals surface area contributed by atoms with Crippen molar-refractivity contribution in [1.29, 1.82) is 0 Å². The van der Waals surface area contributed by atoms with Gasteiger partial charge in [-0.1, -0.05) is 19.9 Å². The van der Waals surface area contributed by atoms with Gasteiger partial charge in [0.05, 0.1) is 13.7 Å². The topological polar surface area (TPSA) is 30.5 Å². The fourth-order valence-corrected chi connectivity index (χ4v) is 1.92. The van der Waals surface area contributed by atoms with Gasteiger partial charge in [0.25, 0.3) is 0 Å². The van der Waals surface area contributed by atoms with Gasteiger partial charge >= 0.3 is 0 Å². The smallest absolute Gasteiger partial charge is 0.161 e. The first-order valence-electron chi connectivity index (χ1n) is 6.30. The van der Waals surface area contributed by atoms with E-state index in [0.717, 1.165) is 24.5 Å². The van der Waals surface area contributed by atoms with Crippen LogP contribution in [0.3, 0.4) is 0 Å². The van der Waals surface area contributed by atoms with Gasteiger partial charge in [0.2, 0.25) is 0 Å². The van der Waals surface area contributed by atoms with E-state index in [1.165, 1.54) is 5.56 Å². The van der Waals surface area contributed by atoms with Gasteiger partial charge < -0.3 is 14.8 Å². The molecule has 17 heavy (non-hydrogen) atoms. The number of hydrogen-bond donors (Lipinski definition) is 1. The number of nitrogens with one attached hydrogen (secondary N) is 1. The molecule has 0 saturated heterocycles. The number of hydrogen-bond acceptors (Lipinski definition) is 3. The molecule has 0 aliphatic carbocycles. The van der Waals surface area contributed by atoms with E-state index in [4.69, 9.17) is 9.47 Å². The van der Waals surface area contributed by atoms with Crippen molar-refractivity contribution in [1.82, 2.24) is 5.32 Å². The molecule has 1 unspecified atom stereocenters. The Morgan fingerprint density at radius 1 is 1.18 bits per heavy atom. The molecule has 96 valence electrons. The molecule has 0 bridgehead atoms. The van der Waals surface area contributed by atoms with Crippen LogP contribution >= 0.6 is 0 Å². The van der Waals surface area contributed by atoms with E-state index in [1.54, 1.807) is 7.11 Å². The van der Waals surface area contributed by atoms with E-state index in [1.807, 2.05) is 13.0 Å². The van der Waals surface area contributed by atoms with Crippen LogP contribution in [0.5, 0.6) is 11.5 Å². The maximum Gasteiger partial charge on any atom is 0.161 e. The lowest BCUT2D eigenvalue weighted by molar-refractivity contribution is 0.310. The Hall–Kier alpha value is -1.22. The second-order valence-corrected chi connectivity index (χ2v) is 3.86.